The second-order valence-electron chi connectivity index (χ2n) is 7.53. The highest BCUT2D eigenvalue weighted by atomic mass is 32.2. The number of amides is 1. The van der Waals surface area contributed by atoms with Crippen LogP contribution in [-0.2, 0) is 24.8 Å². The number of nitrogens with zero attached hydrogens (tertiary/aromatic N) is 5. The van der Waals surface area contributed by atoms with Crippen molar-refractivity contribution in [3.8, 4) is 0 Å². The molecule has 2 heterocycles. The van der Waals surface area contributed by atoms with Crippen LogP contribution in [0, 0.1) is 0 Å². The summed E-state index contributed by atoms with van der Waals surface area (Å²) in [5.41, 5.74) is 10.9. The lowest BCUT2D eigenvalue weighted by molar-refractivity contribution is -0.130. The molecule has 8 N–H and O–H groups in total. The Morgan fingerprint density at radius 2 is 1.91 bits per heavy atom. The van der Waals surface area contributed by atoms with Gasteiger partial charge in [-0.2, -0.15) is 5.11 Å². The molecule has 34 heavy (non-hydrogen) atoms. The van der Waals surface area contributed by atoms with Gasteiger partial charge in [-0.15, -0.1) is 5.11 Å². The van der Waals surface area contributed by atoms with Gasteiger partial charge in [0.05, 0.1) is 18.2 Å². The van der Waals surface area contributed by atoms with Crippen LogP contribution in [0.4, 0.5) is 5.69 Å². The van der Waals surface area contributed by atoms with Crippen molar-refractivity contribution in [3.63, 3.8) is 0 Å². The number of azo groups is 1. The van der Waals surface area contributed by atoms with Crippen LogP contribution in [-0.4, -0.2) is 97.2 Å². The average Bonchev–Trinajstić information content (AvgIpc) is 3.32. The summed E-state index contributed by atoms with van der Waals surface area (Å²) in [4.78, 5) is 18.4. The van der Waals surface area contributed by atoms with Crippen molar-refractivity contribution in [2.24, 2.45) is 31.8 Å². The van der Waals surface area contributed by atoms with Crippen molar-refractivity contribution in [1.82, 2.24) is 9.62 Å². The number of sulfonamides is 2. The SMILES string of the molecule is NCCN1CCN(c2ccc(S(=O)(=O)NC[C@H](O)CN)c(S(N)(=O)=O)c2C2=NCN=N2)CC1=O. The van der Waals surface area contributed by atoms with E-state index in [1.165, 1.54) is 6.07 Å². The number of aliphatic imine (C=N–C) groups is 1. The van der Waals surface area contributed by atoms with E-state index in [2.05, 4.69) is 19.9 Å². The van der Waals surface area contributed by atoms with Gasteiger partial charge in [-0.3, -0.25) is 4.79 Å². The van der Waals surface area contributed by atoms with Crippen LogP contribution in [0.5, 0.6) is 0 Å². The first-order chi connectivity index (χ1) is 16.0. The number of nitrogens with two attached hydrogens (primary N) is 3. The number of rotatable bonds is 10. The number of aliphatic hydroxyl groups is 1. The highest BCUT2D eigenvalue weighted by Crippen LogP contribution is 2.34. The van der Waals surface area contributed by atoms with Gasteiger partial charge in [-0.25, -0.2) is 31.7 Å². The van der Waals surface area contributed by atoms with Crippen LogP contribution in [0.15, 0.2) is 37.1 Å². The second-order valence-corrected chi connectivity index (χ2v) is 10.8. The van der Waals surface area contributed by atoms with Crippen molar-refractivity contribution in [2.45, 2.75) is 15.9 Å². The maximum absolute atomic E-state index is 13.0. The first kappa shape index (κ1) is 26.1. The molecule has 1 aromatic carbocycles. The largest absolute Gasteiger partial charge is 0.390 e. The number of piperazine rings is 1. The predicted octanol–water partition coefficient (Wildman–Crippen LogP) is -3.29. The highest BCUT2D eigenvalue weighted by Gasteiger charge is 2.35. The first-order valence-corrected chi connectivity index (χ1v) is 13.2. The summed E-state index contributed by atoms with van der Waals surface area (Å²) in [7, 11) is -9.12. The molecule has 0 bridgehead atoms. The summed E-state index contributed by atoms with van der Waals surface area (Å²) < 4.78 is 53.5. The molecule has 0 aromatic heterocycles. The fraction of sp³-hybridized carbons (Fsp3) is 0.529. The molecule has 0 radical (unpaired) electrons. The van der Waals surface area contributed by atoms with Crippen LogP contribution in [0.1, 0.15) is 5.56 Å². The molecule has 1 atom stereocenters. The summed E-state index contributed by atoms with van der Waals surface area (Å²) in [6.07, 6.45) is -1.18. The molecule has 1 saturated heterocycles. The Morgan fingerprint density at radius 1 is 1.18 bits per heavy atom. The maximum Gasteiger partial charge on any atom is 0.242 e. The molecular formula is C17H27N9O6S2. The lowest BCUT2D eigenvalue weighted by Gasteiger charge is -2.36. The molecule has 3 rings (SSSR count). The molecular weight excluding hydrogens is 490 g/mol. The normalized spacial score (nSPS) is 17.9. The molecule has 188 valence electrons. The Balaban J connectivity index is 2.16. The molecule has 15 nitrogen and oxygen atoms in total. The van der Waals surface area contributed by atoms with Crippen LogP contribution < -0.4 is 26.2 Å². The number of amidine groups is 1. The minimum absolute atomic E-state index is 0.0834. The van der Waals surface area contributed by atoms with E-state index in [-0.39, 0.29) is 42.8 Å². The fourth-order valence-electron chi connectivity index (χ4n) is 3.56. The van der Waals surface area contributed by atoms with Gasteiger partial charge in [0.2, 0.25) is 26.0 Å². The monoisotopic (exact) mass is 517 g/mol. The molecule has 1 aromatic rings. The van der Waals surface area contributed by atoms with Crippen LogP contribution in [0.2, 0.25) is 0 Å². The predicted molar refractivity (Wildman–Crippen MR) is 122 cm³/mol. The Labute approximate surface area is 196 Å². The van der Waals surface area contributed by atoms with Gasteiger partial charge in [0, 0.05) is 45.0 Å². The lowest BCUT2D eigenvalue weighted by atomic mass is 10.1. The number of carbonyl (C=O) groups excluding carboxylic acids is 1. The summed E-state index contributed by atoms with van der Waals surface area (Å²) in [5.74, 6) is -0.362. The van der Waals surface area contributed by atoms with Gasteiger partial charge in [0.1, 0.15) is 9.79 Å². The zero-order chi connectivity index (χ0) is 25.1. The summed E-state index contributed by atoms with van der Waals surface area (Å²) in [6.45, 7) is 0.471. The molecule has 0 spiro atoms. The molecule has 0 aliphatic carbocycles. The third-order valence-electron chi connectivity index (χ3n) is 5.19. The zero-order valence-electron chi connectivity index (χ0n) is 18.2. The Morgan fingerprint density at radius 3 is 2.47 bits per heavy atom. The number of carbonyl (C=O) groups is 1. The van der Waals surface area contributed by atoms with Crippen LogP contribution in [0.25, 0.3) is 0 Å². The Bertz CT molecular complexity index is 1220. The van der Waals surface area contributed by atoms with Crippen molar-refractivity contribution in [2.75, 3.05) is 57.4 Å². The van der Waals surface area contributed by atoms with Crippen molar-refractivity contribution in [3.05, 3.63) is 17.7 Å². The molecule has 1 fully saturated rings. The van der Waals surface area contributed by atoms with Gasteiger partial charge in [-0.1, -0.05) is 0 Å². The fourth-order valence-corrected chi connectivity index (χ4v) is 6.23. The van der Waals surface area contributed by atoms with E-state index < -0.39 is 42.5 Å². The van der Waals surface area contributed by atoms with E-state index in [0.717, 1.165) is 6.07 Å². The Hall–Kier alpha value is -2.54. The number of primary sulfonamides is 1. The maximum atomic E-state index is 13.0. The van der Waals surface area contributed by atoms with E-state index in [1.54, 1.807) is 9.80 Å². The molecule has 1 amide bonds. The summed E-state index contributed by atoms with van der Waals surface area (Å²) >= 11 is 0. The number of nitrogens with one attached hydrogen (secondary N) is 1. The number of aliphatic hydroxyl groups excluding tert-OH is 1. The van der Waals surface area contributed by atoms with E-state index in [9.17, 15) is 26.7 Å². The quantitative estimate of drug-likeness (QED) is 0.208. The number of hydrogen-bond acceptors (Lipinski definition) is 12. The average molecular weight is 518 g/mol. The zero-order valence-corrected chi connectivity index (χ0v) is 19.8. The van der Waals surface area contributed by atoms with Crippen molar-refractivity contribution >= 4 is 37.5 Å². The minimum Gasteiger partial charge on any atom is -0.390 e. The number of benzene rings is 1. The van der Waals surface area contributed by atoms with Gasteiger partial charge in [-0.05, 0) is 12.1 Å². The third kappa shape index (κ3) is 5.57. The lowest BCUT2D eigenvalue weighted by Crippen LogP contribution is -2.52. The van der Waals surface area contributed by atoms with E-state index >= 15 is 0 Å². The van der Waals surface area contributed by atoms with Gasteiger partial charge in [0.15, 0.2) is 12.5 Å². The van der Waals surface area contributed by atoms with Crippen molar-refractivity contribution < 1.29 is 26.7 Å². The highest BCUT2D eigenvalue weighted by molar-refractivity contribution is 7.92. The molecule has 0 unspecified atom stereocenters. The summed E-state index contributed by atoms with van der Waals surface area (Å²) in [5, 5.41) is 22.7. The number of hydrogen-bond donors (Lipinski definition) is 5. The van der Waals surface area contributed by atoms with Gasteiger partial charge < -0.3 is 26.4 Å². The second kappa shape index (κ2) is 10.4. The Kier molecular flexibility index (Phi) is 7.96. The molecule has 2 aliphatic rings. The minimum atomic E-state index is -4.65. The molecule has 17 heteroatoms. The topological polar surface area (TPSA) is 239 Å². The first-order valence-electron chi connectivity index (χ1n) is 10.2. The van der Waals surface area contributed by atoms with E-state index in [1.807, 2.05) is 0 Å². The summed E-state index contributed by atoms with van der Waals surface area (Å²) in [6, 6.07) is 2.43. The smallest absolute Gasteiger partial charge is 0.242 e. The van der Waals surface area contributed by atoms with E-state index in [4.69, 9.17) is 16.6 Å². The molecule has 2 aliphatic heterocycles. The van der Waals surface area contributed by atoms with Gasteiger partial charge in [0.25, 0.3) is 0 Å². The van der Waals surface area contributed by atoms with Crippen LogP contribution in [0.3, 0.4) is 0 Å². The van der Waals surface area contributed by atoms with Crippen LogP contribution >= 0.6 is 0 Å². The van der Waals surface area contributed by atoms with Crippen molar-refractivity contribution in [1.29, 1.82) is 0 Å². The standard InChI is InChI=1S/C17H27N9O6S2/c18-3-4-25-5-6-26(9-14(25)28)12-1-2-13(34(31,32)23-8-11(27)7-19)16(33(20,29)30)15(12)17-21-10-22-24-17/h1-2,11,23,27H,3-10,18-19H2,(H2,20,29,30)/t11-/m1/s1. The number of anilines is 1. The molecule has 0 saturated carbocycles. The third-order valence-corrected chi connectivity index (χ3v) is 7.77. The van der Waals surface area contributed by atoms with Gasteiger partial charge >= 0.3 is 0 Å². The van der Waals surface area contributed by atoms with E-state index in [0.29, 0.717) is 26.2 Å².